The normalized spacial score (nSPS) is 11.2. The zero-order chi connectivity index (χ0) is 20.9. The lowest BCUT2D eigenvalue weighted by Crippen LogP contribution is -2.27. The fourth-order valence-electron chi connectivity index (χ4n) is 3.06. The van der Waals surface area contributed by atoms with Crippen LogP contribution in [0.3, 0.4) is 0 Å². The molecule has 4 aromatic rings. The average Bonchev–Trinajstić information content (AvgIpc) is 3.17. The van der Waals surface area contributed by atoms with Gasteiger partial charge in [0.1, 0.15) is 5.01 Å². The largest absolute Gasteiger partial charge is 0.275 e. The van der Waals surface area contributed by atoms with Crippen molar-refractivity contribution in [3.8, 4) is 0 Å². The zero-order valence-electron chi connectivity index (χ0n) is 16.3. The molecule has 0 spiro atoms. The van der Waals surface area contributed by atoms with Gasteiger partial charge in [-0.1, -0.05) is 48.5 Å². The van der Waals surface area contributed by atoms with Crippen molar-refractivity contribution in [1.82, 2.24) is 20.2 Å². The second-order valence-electron chi connectivity index (χ2n) is 6.72. The van der Waals surface area contributed by atoms with Crippen LogP contribution < -0.4 is 11.0 Å². The minimum atomic E-state index is -0.310. The van der Waals surface area contributed by atoms with E-state index in [-0.39, 0.29) is 24.4 Å². The van der Waals surface area contributed by atoms with Gasteiger partial charge in [0, 0.05) is 16.5 Å². The molecular formula is C22H19N5O2S. The van der Waals surface area contributed by atoms with Crippen LogP contribution in [0.4, 0.5) is 0 Å². The molecule has 2 aromatic heterocycles. The molecule has 0 saturated carbocycles. The van der Waals surface area contributed by atoms with E-state index in [0.717, 1.165) is 16.3 Å². The number of amides is 1. The fourth-order valence-corrected chi connectivity index (χ4v) is 3.81. The molecule has 150 valence electrons. The lowest BCUT2D eigenvalue weighted by molar-refractivity contribution is -0.120. The van der Waals surface area contributed by atoms with Gasteiger partial charge in [-0.2, -0.15) is 10.2 Å². The van der Waals surface area contributed by atoms with Crippen molar-refractivity contribution in [2.75, 3.05) is 0 Å². The third-order valence-electron chi connectivity index (χ3n) is 4.43. The van der Waals surface area contributed by atoms with E-state index in [1.54, 1.807) is 24.4 Å². The number of carbonyl (C=O) groups is 1. The number of aromatic nitrogens is 3. The maximum atomic E-state index is 12.9. The molecule has 8 heteroatoms. The van der Waals surface area contributed by atoms with Crippen molar-refractivity contribution in [2.24, 2.45) is 5.10 Å². The number of aryl methyl sites for hydroxylation is 1. The van der Waals surface area contributed by atoms with E-state index < -0.39 is 0 Å². The van der Waals surface area contributed by atoms with Crippen LogP contribution in [0.2, 0.25) is 0 Å². The summed E-state index contributed by atoms with van der Waals surface area (Å²) in [6.07, 6.45) is 1.58. The van der Waals surface area contributed by atoms with Crippen LogP contribution in [0.5, 0.6) is 0 Å². The minimum absolute atomic E-state index is 0.00379. The van der Waals surface area contributed by atoms with Crippen LogP contribution in [-0.4, -0.2) is 26.9 Å². The Hall–Kier alpha value is -3.65. The van der Waals surface area contributed by atoms with E-state index in [0.29, 0.717) is 16.5 Å². The number of fused-ring (bicyclic) bond motifs is 1. The highest BCUT2D eigenvalue weighted by molar-refractivity contribution is 7.09. The Morgan fingerprint density at radius 3 is 2.60 bits per heavy atom. The number of hydrazone groups is 1. The van der Waals surface area contributed by atoms with Gasteiger partial charge in [-0.05, 0) is 18.6 Å². The first kappa shape index (κ1) is 19.7. The molecule has 1 N–H and O–H groups in total. The predicted molar refractivity (Wildman–Crippen MR) is 118 cm³/mol. The second kappa shape index (κ2) is 8.79. The molecule has 0 aliphatic heterocycles. The van der Waals surface area contributed by atoms with Crippen LogP contribution in [0.1, 0.15) is 22.0 Å². The smallest absolute Gasteiger partial charge is 0.273 e. The molecule has 7 nitrogen and oxygen atoms in total. The number of carbonyl (C=O) groups excluding carboxylic acids is 1. The molecule has 0 radical (unpaired) electrons. The number of hydrogen-bond donors (Lipinski definition) is 1. The summed E-state index contributed by atoms with van der Waals surface area (Å²) in [6, 6.07) is 16.7. The van der Waals surface area contributed by atoms with Gasteiger partial charge >= 0.3 is 0 Å². The van der Waals surface area contributed by atoms with E-state index in [9.17, 15) is 9.59 Å². The quantitative estimate of drug-likeness (QED) is 0.386. The number of rotatable bonds is 6. The van der Waals surface area contributed by atoms with E-state index in [1.165, 1.54) is 16.0 Å². The van der Waals surface area contributed by atoms with Gasteiger partial charge in [0.05, 0.1) is 30.3 Å². The van der Waals surface area contributed by atoms with Crippen molar-refractivity contribution in [3.63, 3.8) is 0 Å². The molecule has 4 rings (SSSR count). The first-order valence-electron chi connectivity index (χ1n) is 9.37. The Morgan fingerprint density at radius 1 is 1.13 bits per heavy atom. The lowest BCUT2D eigenvalue weighted by atomic mass is 10.1. The molecule has 1 amide bonds. The molecule has 0 fully saturated rings. The highest BCUT2D eigenvalue weighted by Crippen LogP contribution is 2.15. The lowest BCUT2D eigenvalue weighted by Gasteiger charge is -2.09. The van der Waals surface area contributed by atoms with Crippen molar-refractivity contribution in [3.05, 3.63) is 92.3 Å². The van der Waals surface area contributed by atoms with Gasteiger partial charge < -0.3 is 0 Å². The Morgan fingerprint density at radius 2 is 1.87 bits per heavy atom. The first-order chi connectivity index (χ1) is 14.6. The number of nitrogens with zero attached hydrogens (tertiary/aromatic N) is 4. The second-order valence-corrected chi connectivity index (χ2v) is 7.66. The Bertz CT molecular complexity index is 1280. The van der Waals surface area contributed by atoms with E-state index in [1.807, 2.05) is 48.7 Å². The summed E-state index contributed by atoms with van der Waals surface area (Å²) in [4.78, 5) is 29.7. The Kier molecular flexibility index (Phi) is 5.76. The summed E-state index contributed by atoms with van der Waals surface area (Å²) in [5.74, 6) is -0.310. The maximum absolute atomic E-state index is 12.9. The average molecular weight is 417 g/mol. The number of benzene rings is 2. The standard InChI is InChI=1S/C22H19N5O2S/c1-15-14-30-21(24-15)13-27-22(29)18-10-6-5-9-17(18)19(26-27)11-20(28)25-23-12-16-7-3-2-4-8-16/h2-10,12,14H,11,13H2,1H3,(H,25,28)/b23-12-. The predicted octanol–water partition coefficient (Wildman–Crippen LogP) is 2.90. The van der Waals surface area contributed by atoms with Gasteiger partial charge in [0.25, 0.3) is 5.56 Å². The summed E-state index contributed by atoms with van der Waals surface area (Å²) in [7, 11) is 0. The fraction of sp³-hybridized carbons (Fsp3) is 0.136. The summed E-state index contributed by atoms with van der Waals surface area (Å²) >= 11 is 1.48. The summed E-state index contributed by atoms with van der Waals surface area (Å²) < 4.78 is 1.37. The minimum Gasteiger partial charge on any atom is -0.273 e. The number of thiazole rings is 1. The highest BCUT2D eigenvalue weighted by Gasteiger charge is 2.14. The van der Waals surface area contributed by atoms with Gasteiger partial charge in [0.15, 0.2) is 0 Å². The molecular weight excluding hydrogens is 398 g/mol. The SMILES string of the molecule is Cc1csc(Cn2nc(CC(=O)N/N=C\c3ccccc3)c3ccccc3c2=O)n1. The molecule has 0 unspecified atom stereocenters. The van der Waals surface area contributed by atoms with Crippen molar-refractivity contribution in [2.45, 2.75) is 19.9 Å². The van der Waals surface area contributed by atoms with Crippen LogP contribution >= 0.6 is 11.3 Å². The molecule has 0 aliphatic carbocycles. The van der Waals surface area contributed by atoms with E-state index in [2.05, 4.69) is 20.6 Å². The summed E-state index contributed by atoms with van der Waals surface area (Å²) in [6.45, 7) is 2.17. The van der Waals surface area contributed by atoms with E-state index in [4.69, 9.17) is 0 Å². The Balaban J connectivity index is 1.59. The molecule has 0 saturated heterocycles. The molecule has 0 atom stereocenters. The third kappa shape index (κ3) is 4.49. The molecule has 0 aliphatic rings. The molecule has 2 aromatic carbocycles. The van der Waals surface area contributed by atoms with Crippen molar-refractivity contribution >= 4 is 34.2 Å². The number of hydrogen-bond acceptors (Lipinski definition) is 6. The van der Waals surface area contributed by atoms with Crippen molar-refractivity contribution < 1.29 is 4.79 Å². The number of nitrogens with one attached hydrogen (secondary N) is 1. The summed E-state index contributed by atoms with van der Waals surface area (Å²) in [5.41, 5.74) is 4.63. The van der Waals surface area contributed by atoms with Gasteiger partial charge in [-0.25, -0.2) is 15.1 Å². The van der Waals surface area contributed by atoms with Gasteiger partial charge in [-0.3, -0.25) is 9.59 Å². The molecule has 2 heterocycles. The Labute approximate surface area is 176 Å². The zero-order valence-corrected chi connectivity index (χ0v) is 17.1. The topological polar surface area (TPSA) is 89.2 Å². The third-order valence-corrected chi connectivity index (χ3v) is 5.38. The van der Waals surface area contributed by atoms with Crippen LogP contribution in [0.25, 0.3) is 10.8 Å². The van der Waals surface area contributed by atoms with Crippen molar-refractivity contribution in [1.29, 1.82) is 0 Å². The van der Waals surface area contributed by atoms with Gasteiger partial charge in [0.2, 0.25) is 5.91 Å². The monoisotopic (exact) mass is 417 g/mol. The first-order valence-corrected chi connectivity index (χ1v) is 10.2. The van der Waals surface area contributed by atoms with Gasteiger partial charge in [-0.15, -0.1) is 11.3 Å². The van der Waals surface area contributed by atoms with Crippen LogP contribution in [0, 0.1) is 6.92 Å². The van der Waals surface area contributed by atoms with Crippen LogP contribution in [0.15, 0.2) is 69.9 Å². The summed E-state index contributed by atoms with van der Waals surface area (Å²) in [5, 5.41) is 12.4. The maximum Gasteiger partial charge on any atom is 0.275 e. The van der Waals surface area contributed by atoms with E-state index >= 15 is 0 Å². The molecule has 0 bridgehead atoms. The molecule has 30 heavy (non-hydrogen) atoms. The highest BCUT2D eigenvalue weighted by atomic mass is 32.1. The van der Waals surface area contributed by atoms with Crippen LogP contribution in [-0.2, 0) is 17.8 Å².